The Hall–Kier alpha value is 3.27. The Morgan fingerprint density at radius 2 is 1.27 bits per heavy atom. The van der Waals surface area contributed by atoms with Crippen LogP contribution < -0.4 is 0 Å². The van der Waals surface area contributed by atoms with Gasteiger partial charge >= 0.3 is 0 Å². The Morgan fingerprint density at radius 1 is 0.933 bits per heavy atom. The molecule has 0 saturated carbocycles. The van der Waals surface area contributed by atoms with Crippen molar-refractivity contribution in [1.82, 2.24) is 0 Å². The summed E-state index contributed by atoms with van der Waals surface area (Å²) in [7, 11) is -2.82. The summed E-state index contributed by atoms with van der Waals surface area (Å²) in [5.74, 6) is 0. The molecule has 0 amide bonds. The van der Waals surface area contributed by atoms with Gasteiger partial charge in [-0.1, -0.05) is 79.6 Å². The van der Waals surface area contributed by atoms with Gasteiger partial charge in [0.1, 0.15) is 0 Å². The zero-order chi connectivity index (χ0) is 12.7. The van der Waals surface area contributed by atoms with Crippen LogP contribution in [0.2, 0.25) is 0 Å². The highest BCUT2D eigenvalue weighted by Gasteiger charge is 2.63. The van der Waals surface area contributed by atoms with Gasteiger partial charge in [-0.25, -0.2) is 0 Å². The van der Waals surface area contributed by atoms with Crippen molar-refractivity contribution in [3.63, 3.8) is 0 Å². The molecule has 0 aliphatic rings. The third kappa shape index (κ3) is 3.64. The molecule has 0 rings (SSSR count). The lowest BCUT2D eigenvalue weighted by Gasteiger charge is -2.38. The van der Waals surface area contributed by atoms with Crippen LogP contribution in [-0.4, -0.2) is 23.5 Å². The Kier molecular flexibility index (Phi) is 6.97. The van der Waals surface area contributed by atoms with E-state index in [1.54, 1.807) is 0 Å². The fraction of sp³-hybridized carbons (Fsp3) is 1.00. The normalized spacial score (nSPS) is 15.5. The molecule has 3 nitrogen and oxygen atoms in total. The molecular weight excluding hydrogens is 687 g/mol. The zero-order valence-electron chi connectivity index (χ0n) is 6.78. The van der Waals surface area contributed by atoms with Gasteiger partial charge in [-0.05, 0) is 31.9 Å². The summed E-state index contributed by atoms with van der Waals surface area (Å²) in [6.45, 7) is 0. The summed E-state index contributed by atoms with van der Waals surface area (Å²) in [6, 6.07) is 0. The van der Waals surface area contributed by atoms with Crippen molar-refractivity contribution >= 4 is 122 Å². The largest absolute Gasteiger partial charge is 0.295 e. The smallest absolute Gasteiger partial charge is 0.272 e. The lowest BCUT2D eigenvalue weighted by Crippen LogP contribution is -2.49. The third-order valence-corrected chi connectivity index (χ3v) is 16.2. The van der Waals surface area contributed by atoms with E-state index in [0.717, 1.165) is 7.11 Å². The van der Waals surface area contributed by atoms with Crippen LogP contribution in [0.4, 0.5) is 0 Å². The van der Waals surface area contributed by atoms with Crippen molar-refractivity contribution in [3.8, 4) is 0 Å². The molecule has 0 bridgehead atoms. The summed E-state index contributed by atoms with van der Waals surface area (Å²) < 4.78 is 24.1. The molecule has 0 aromatic rings. The van der Waals surface area contributed by atoms with Crippen LogP contribution in [0.1, 0.15) is 0 Å². The average molecular weight is 690 g/mol. The van der Waals surface area contributed by atoms with Gasteiger partial charge in [0.2, 0.25) is 2.57 Å². The minimum atomic E-state index is -3.89. The van der Waals surface area contributed by atoms with Crippen LogP contribution >= 0.6 is 112 Å². The van der Waals surface area contributed by atoms with E-state index in [2.05, 4.69) is 116 Å². The maximum Gasteiger partial charge on any atom is 0.295 e. The van der Waals surface area contributed by atoms with Crippen LogP contribution in [0.15, 0.2) is 0 Å². The molecule has 0 aromatic heterocycles. The van der Waals surface area contributed by atoms with Crippen molar-refractivity contribution < 1.29 is 12.6 Å². The van der Waals surface area contributed by atoms with Crippen molar-refractivity contribution in [3.05, 3.63) is 0 Å². The number of halogens is 7. The van der Waals surface area contributed by atoms with E-state index < -0.39 is 18.1 Å². The van der Waals surface area contributed by atoms with E-state index in [1.165, 1.54) is 0 Å². The average Bonchev–Trinajstić information content (AvgIpc) is 2.01. The Balaban J connectivity index is 5.60. The molecule has 92 valence electrons. The van der Waals surface area contributed by atoms with Gasteiger partial charge < -0.3 is 0 Å². The Labute approximate surface area is 147 Å². The summed E-state index contributed by atoms with van der Waals surface area (Å²) >= 11 is 22.2. The van der Waals surface area contributed by atoms with Gasteiger partial charge in [0.15, 0.2) is 5.38 Å². The zero-order valence-corrected chi connectivity index (χ0v) is 18.7. The van der Waals surface area contributed by atoms with Crippen molar-refractivity contribution in [1.29, 1.82) is 0 Å². The molecule has 0 radical (unpaired) electrons. The van der Waals surface area contributed by atoms with Crippen molar-refractivity contribution in [2.24, 2.45) is 0 Å². The van der Waals surface area contributed by atoms with Gasteiger partial charge in [-0.3, -0.25) is 4.18 Å². The highest BCUT2D eigenvalue weighted by Crippen LogP contribution is 2.64. The summed E-state index contributed by atoms with van der Waals surface area (Å²) in [4.78, 5) is 0. The van der Waals surface area contributed by atoms with Gasteiger partial charge in [0.25, 0.3) is 10.1 Å². The Bertz CT molecular complexity index is 329. The standard InChI is InChI=1S/C4H3Br7O3S/c1-14-15(12,13)4(10,11)2(5,6)3(7,8)9/h1H3. The topological polar surface area (TPSA) is 43.4 Å². The maximum absolute atomic E-state index is 11.7. The van der Waals surface area contributed by atoms with Gasteiger partial charge in [0, 0.05) is 0 Å². The fourth-order valence-electron chi connectivity index (χ4n) is 0.427. The molecule has 0 fully saturated rings. The second-order valence-corrected chi connectivity index (χ2v) is 18.8. The van der Waals surface area contributed by atoms with Crippen molar-refractivity contribution in [2.75, 3.05) is 7.11 Å². The molecule has 0 atom stereocenters. The lowest BCUT2D eigenvalue weighted by molar-refractivity contribution is 0.393. The summed E-state index contributed by atoms with van der Waals surface area (Å²) in [5.41, 5.74) is 0. The molecule has 15 heavy (non-hydrogen) atoms. The minimum Gasteiger partial charge on any atom is -0.272 e. The van der Waals surface area contributed by atoms with Crippen molar-refractivity contribution in [2.45, 2.75) is 7.94 Å². The summed E-state index contributed by atoms with van der Waals surface area (Å²) in [5, 5.41) is 0. The van der Waals surface area contributed by atoms with E-state index >= 15 is 0 Å². The Morgan fingerprint density at radius 3 is 1.47 bits per heavy atom. The quantitative estimate of drug-likeness (QED) is 0.318. The molecule has 0 saturated heterocycles. The van der Waals surface area contributed by atoms with Gasteiger partial charge in [0.05, 0.1) is 7.11 Å². The molecule has 0 spiro atoms. The third-order valence-electron chi connectivity index (χ3n) is 1.25. The first-order valence-electron chi connectivity index (χ1n) is 2.94. The highest BCUT2D eigenvalue weighted by atomic mass is 80.0. The van der Waals surface area contributed by atoms with E-state index in [-0.39, 0.29) is 0 Å². The number of hydrogen-bond donors (Lipinski definition) is 0. The monoisotopic (exact) mass is 683 g/mol. The molecule has 0 aromatic carbocycles. The predicted molar refractivity (Wildman–Crippen MR) is 86.6 cm³/mol. The highest BCUT2D eigenvalue weighted by molar-refractivity contribution is 9.42. The molecule has 0 aliphatic carbocycles. The summed E-state index contributed by atoms with van der Waals surface area (Å²) in [6.07, 6.45) is 0. The van der Waals surface area contributed by atoms with Gasteiger partial charge in [-0.15, -0.1) is 0 Å². The van der Waals surface area contributed by atoms with Crippen LogP contribution in [-0.2, 0) is 14.3 Å². The van der Waals surface area contributed by atoms with E-state index in [1.807, 2.05) is 0 Å². The minimum absolute atomic E-state index is 0.946. The molecule has 0 heterocycles. The number of alkyl halides is 7. The first-order chi connectivity index (χ1) is 6.31. The van der Waals surface area contributed by atoms with E-state index in [4.69, 9.17) is 0 Å². The SMILES string of the molecule is COS(=O)(=O)C(Br)(Br)C(Br)(Br)C(Br)(Br)Br. The molecule has 11 heteroatoms. The molecule has 0 N–H and O–H groups in total. The maximum atomic E-state index is 11.7. The first kappa shape index (κ1) is 18.3. The molecule has 0 unspecified atom stereocenters. The second-order valence-electron chi connectivity index (χ2n) is 2.21. The van der Waals surface area contributed by atoms with E-state index in [0.29, 0.717) is 0 Å². The fourth-order valence-corrected chi connectivity index (χ4v) is 6.56. The van der Waals surface area contributed by atoms with Gasteiger partial charge in [-0.2, -0.15) is 8.42 Å². The molecular formula is C4H3Br7O3S. The van der Waals surface area contributed by atoms with Crippen LogP contribution in [0, 0.1) is 0 Å². The number of rotatable bonds is 3. The lowest BCUT2D eigenvalue weighted by atomic mass is 10.6. The predicted octanol–water partition coefficient (Wildman–Crippen LogP) is 4.73. The molecule has 0 aliphatic heterocycles. The van der Waals surface area contributed by atoms with Crippen LogP contribution in [0.5, 0.6) is 0 Å². The van der Waals surface area contributed by atoms with Crippen LogP contribution in [0.25, 0.3) is 0 Å². The van der Waals surface area contributed by atoms with E-state index in [9.17, 15) is 8.42 Å². The second kappa shape index (κ2) is 5.72. The van der Waals surface area contributed by atoms with Crippen LogP contribution in [0.3, 0.4) is 0 Å². The first-order valence-corrected chi connectivity index (χ1v) is 9.89. The number of hydrogen-bond acceptors (Lipinski definition) is 3.